The third kappa shape index (κ3) is 1.95. The summed E-state index contributed by atoms with van der Waals surface area (Å²) in [6.45, 7) is 0. The van der Waals surface area contributed by atoms with Gasteiger partial charge in [0.25, 0.3) is 0 Å². The van der Waals surface area contributed by atoms with Crippen molar-refractivity contribution in [1.29, 1.82) is 0 Å². The molecule has 1 aromatic carbocycles. The van der Waals surface area contributed by atoms with Crippen molar-refractivity contribution >= 4 is 11.6 Å². The molecule has 7 nitrogen and oxygen atoms in total. The monoisotopic (exact) mass is 270 g/mol. The molecule has 0 unspecified atom stereocenters. The summed E-state index contributed by atoms with van der Waals surface area (Å²) in [7, 11) is 1.60. The average Bonchev–Trinajstić information content (AvgIpc) is 2.90. The van der Waals surface area contributed by atoms with E-state index in [1.54, 1.807) is 13.2 Å². The highest BCUT2D eigenvalue weighted by atomic mass is 16.5. The molecule has 2 heterocycles. The van der Waals surface area contributed by atoms with Crippen LogP contribution < -0.4 is 4.74 Å². The minimum Gasteiger partial charge on any atom is -0.497 e. The van der Waals surface area contributed by atoms with E-state index < -0.39 is 5.97 Å². The number of aromatic nitrogens is 4. The average molecular weight is 270 g/mol. The first-order chi connectivity index (χ1) is 9.69. The summed E-state index contributed by atoms with van der Waals surface area (Å²) in [4.78, 5) is 15.2. The van der Waals surface area contributed by atoms with Gasteiger partial charge < -0.3 is 9.84 Å². The van der Waals surface area contributed by atoms with E-state index in [0.717, 1.165) is 11.3 Å². The number of benzene rings is 1. The van der Waals surface area contributed by atoms with Crippen LogP contribution in [-0.2, 0) is 0 Å². The number of carboxylic acid groups (broad SMARTS) is 1. The topological polar surface area (TPSA) is 89.6 Å². The van der Waals surface area contributed by atoms with Crippen LogP contribution in [0, 0.1) is 0 Å². The molecule has 2 aromatic heterocycles. The van der Waals surface area contributed by atoms with Crippen molar-refractivity contribution in [2.24, 2.45) is 0 Å². The molecule has 0 fully saturated rings. The van der Waals surface area contributed by atoms with Gasteiger partial charge in [0.2, 0.25) is 5.82 Å². The fraction of sp³-hybridized carbons (Fsp3) is 0.0769. The number of methoxy groups -OCH3 is 1. The molecule has 0 radical (unpaired) electrons. The number of nitrogens with zero attached hydrogens (tertiary/aromatic N) is 4. The zero-order valence-corrected chi connectivity index (χ0v) is 10.5. The molecule has 7 heteroatoms. The van der Waals surface area contributed by atoms with Gasteiger partial charge in [0.15, 0.2) is 5.65 Å². The molecular weight excluding hydrogens is 260 g/mol. The quantitative estimate of drug-likeness (QED) is 0.775. The zero-order valence-electron chi connectivity index (χ0n) is 10.5. The molecule has 100 valence electrons. The number of aromatic carboxylic acids is 1. The summed E-state index contributed by atoms with van der Waals surface area (Å²) in [6.07, 6.45) is 1.40. The summed E-state index contributed by atoms with van der Waals surface area (Å²) in [5.74, 6) is -0.546. The Balaban J connectivity index is 2.06. The summed E-state index contributed by atoms with van der Waals surface area (Å²) in [5, 5.41) is 16.4. The molecule has 0 aliphatic rings. The van der Waals surface area contributed by atoms with Crippen LogP contribution >= 0.6 is 0 Å². The van der Waals surface area contributed by atoms with Crippen molar-refractivity contribution in [3.8, 4) is 17.0 Å². The van der Waals surface area contributed by atoms with E-state index in [0.29, 0.717) is 11.3 Å². The van der Waals surface area contributed by atoms with Gasteiger partial charge in [0.05, 0.1) is 12.8 Å². The molecular formula is C13H10N4O3. The normalized spacial score (nSPS) is 10.7. The molecule has 0 atom stereocenters. The van der Waals surface area contributed by atoms with Crippen LogP contribution in [0.3, 0.4) is 0 Å². The molecule has 20 heavy (non-hydrogen) atoms. The standard InChI is InChI=1S/C13H10N4O3/c1-20-9-4-2-8(3-5-9)10-6-11-15-16-12(13(18)19)17(11)7-14-10/h2-7H,1H3,(H,18,19). The Morgan fingerprint density at radius 1 is 1.25 bits per heavy atom. The molecule has 0 aliphatic heterocycles. The van der Waals surface area contributed by atoms with Crippen molar-refractivity contribution in [2.75, 3.05) is 7.11 Å². The molecule has 3 rings (SSSR count). The van der Waals surface area contributed by atoms with Crippen LogP contribution in [0.1, 0.15) is 10.6 Å². The summed E-state index contributed by atoms with van der Waals surface area (Å²) < 4.78 is 6.42. The molecule has 0 amide bonds. The third-order valence-corrected chi connectivity index (χ3v) is 2.88. The van der Waals surface area contributed by atoms with Gasteiger partial charge in [-0.05, 0) is 24.3 Å². The van der Waals surface area contributed by atoms with Gasteiger partial charge in [-0.2, -0.15) is 0 Å². The van der Waals surface area contributed by atoms with E-state index in [1.807, 2.05) is 24.3 Å². The lowest BCUT2D eigenvalue weighted by molar-refractivity contribution is 0.0682. The number of fused-ring (bicyclic) bond motifs is 1. The Labute approximate surface area is 113 Å². The van der Waals surface area contributed by atoms with E-state index in [4.69, 9.17) is 9.84 Å². The predicted molar refractivity (Wildman–Crippen MR) is 69.7 cm³/mol. The van der Waals surface area contributed by atoms with Gasteiger partial charge in [-0.25, -0.2) is 9.78 Å². The van der Waals surface area contributed by atoms with E-state index in [-0.39, 0.29) is 5.82 Å². The van der Waals surface area contributed by atoms with Gasteiger partial charge in [0, 0.05) is 11.6 Å². The van der Waals surface area contributed by atoms with Crippen molar-refractivity contribution in [1.82, 2.24) is 19.6 Å². The van der Waals surface area contributed by atoms with Gasteiger partial charge in [-0.15, -0.1) is 10.2 Å². The third-order valence-electron chi connectivity index (χ3n) is 2.88. The maximum Gasteiger partial charge on any atom is 0.374 e. The summed E-state index contributed by atoms with van der Waals surface area (Å²) in [5.41, 5.74) is 2.00. The Morgan fingerprint density at radius 2 is 2.00 bits per heavy atom. The highest BCUT2D eigenvalue weighted by Gasteiger charge is 2.13. The predicted octanol–water partition coefficient (Wildman–Crippen LogP) is 1.50. The van der Waals surface area contributed by atoms with E-state index in [1.165, 1.54) is 10.7 Å². The number of rotatable bonds is 3. The molecule has 0 saturated heterocycles. The summed E-state index contributed by atoms with van der Waals surface area (Å²) >= 11 is 0. The highest BCUT2D eigenvalue weighted by molar-refractivity contribution is 5.84. The number of hydrogen-bond acceptors (Lipinski definition) is 5. The molecule has 1 N–H and O–H groups in total. The second kappa shape index (κ2) is 4.61. The maximum atomic E-state index is 10.9. The lowest BCUT2D eigenvalue weighted by Gasteiger charge is -2.03. The fourth-order valence-corrected chi connectivity index (χ4v) is 1.86. The molecule has 3 aromatic rings. The minimum absolute atomic E-state index is 0.159. The van der Waals surface area contributed by atoms with E-state index >= 15 is 0 Å². The van der Waals surface area contributed by atoms with Crippen molar-refractivity contribution in [2.45, 2.75) is 0 Å². The van der Waals surface area contributed by atoms with Crippen LogP contribution in [0.4, 0.5) is 0 Å². The SMILES string of the molecule is COc1ccc(-c2cc3nnc(C(=O)O)n3cn2)cc1. The Bertz CT molecular complexity index is 780. The van der Waals surface area contributed by atoms with Crippen LogP contribution in [0.25, 0.3) is 16.9 Å². The van der Waals surface area contributed by atoms with E-state index in [2.05, 4.69) is 15.2 Å². The lowest BCUT2D eigenvalue weighted by Crippen LogP contribution is -2.04. The minimum atomic E-state index is -1.14. The maximum absolute atomic E-state index is 10.9. The molecule has 0 aliphatic carbocycles. The Morgan fingerprint density at radius 3 is 2.65 bits per heavy atom. The van der Waals surface area contributed by atoms with Crippen molar-refractivity contribution < 1.29 is 14.6 Å². The number of carbonyl (C=O) groups is 1. The highest BCUT2D eigenvalue weighted by Crippen LogP contribution is 2.21. The van der Waals surface area contributed by atoms with Crippen LogP contribution in [0.2, 0.25) is 0 Å². The largest absolute Gasteiger partial charge is 0.497 e. The van der Waals surface area contributed by atoms with Crippen LogP contribution in [-0.4, -0.2) is 37.8 Å². The fourth-order valence-electron chi connectivity index (χ4n) is 1.86. The zero-order chi connectivity index (χ0) is 14.1. The first-order valence-corrected chi connectivity index (χ1v) is 5.77. The second-order valence-electron chi connectivity index (χ2n) is 4.06. The van der Waals surface area contributed by atoms with Crippen molar-refractivity contribution in [3.05, 3.63) is 42.5 Å². The number of carboxylic acids is 1. The summed E-state index contributed by atoms with van der Waals surface area (Å²) in [6, 6.07) is 9.07. The molecule has 0 spiro atoms. The smallest absolute Gasteiger partial charge is 0.374 e. The van der Waals surface area contributed by atoms with Crippen LogP contribution in [0.15, 0.2) is 36.7 Å². The van der Waals surface area contributed by atoms with Gasteiger partial charge in [-0.1, -0.05) is 0 Å². The second-order valence-corrected chi connectivity index (χ2v) is 4.06. The lowest BCUT2D eigenvalue weighted by atomic mass is 10.1. The number of ether oxygens (including phenoxy) is 1. The molecule has 0 saturated carbocycles. The Kier molecular flexibility index (Phi) is 2.79. The van der Waals surface area contributed by atoms with Crippen LogP contribution in [0.5, 0.6) is 5.75 Å². The Hall–Kier alpha value is -2.96. The number of hydrogen-bond donors (Lipinski definition) is 1. The van der Waals surface area contributed by atoms with Gasteiger partial charge in [-0.3, -0.25) is 4.40 Å². The van der Waals surface area contributed by atoms with Gasteiger partial charge in [0.1, 0.15) is 12.1 Å². The van der Waals surface area contributed by atoms with Gasteiger partial charge >= 0.3 is 5.97 Å². The molecule has 0 bridgehead atoms. The first-order valence-electron chi connectivity index (χ1n) is 5.77. The van der Waals surface area contributed by atoms with E-state index in [9.17, 15) is 4.79 Å². The first kappa shape index (κ1) is 12.1. The van der Waals surface area contributed by atoms with Crippen molar-refractivity contribution in [3.63, 3.8) is 0 Å².